The maximum Gasteiger partial charge on any atom is 0.132 e. The Morgan fingerprint density at radius 3 is 2.61 bits per heavy atom. The van der Waals surface area contributed by atoms with E-state index in [1.807, 2.05) is 30.3 Å². The monoisotopic (exact) mass is 263 g/mol. The van der Waals surface area contributed by atoms with Gasteiger partial charge >= 0.3 is 0 Å². The third-order valence-corrected chi connectivity index (χ3v) is 2.75. The first-order chi connectivity index (χ1) is 8.72. The third-order valence-electron chi connectivity index (χ3n) is 2.51. The summed E-state index contributed by atoms with van der Waals surface area (Å²) in [6.45, 7) is 0.375. The lowest BCUT2D eigenvalue weighted by atomic mass is 10.2. The molecule has 2 aromatic rings. The molecule has 0 radical (unpaired) electrons. The molecule has 2 aromatic carbocycles. The van der Waals surface area contributed by atoms with E-state index in [4.69, 9.17) is 26.8 Å². The number of benzene rings is 2. The van der Waals surface area contributed by atoms with Crippen molar-refractivity contribution in [1.29, 1.82) is 0 Å². The Hall–Kier alpha value is -1.71. The molecule has 0 aliphatic heterocycles. The highest BCUT2D eigenvalue weighted by molar-refractivity contribution is 6.30. The molecule has 2 N–H and O–H groups in total. The Kier molecular flexibility index (Phi) is 4.07. The Morgan fingerprint density at radius 1 is 1.11 bits per heavy atom. The maximum atomic E-state index is 5.92. The molecular formula is C14H14ClNO2. The molecule has 0 amide bonds. The highest BCUT2D eigenvalue weighted by atomic mass is 35.5. The minimum absolute atomic E-state index is 0.375. The van der Waals surface area contributed by atoms with Crippen molar-refractivity contribution in [3.05, 3.63) is 53.1 Å². The smallest absolute Gasteiger partial charge is 0.132 e. The molecule has 0 bridgehead atoms. The van der Waals surface area contributed by atoms with Gasteiger partial charge in [-0.1, -0.05) is 17.7 Å². The summed E-state index contributed by atoms with van der Waals surface area (Å²) in [6.07, 6.45) is 0. The van der Waals surface area contributed by atoms with E-state index in [9.17, 15) is 0 Å². The molecule has 0 spiro atoms. The SMILES string of the molecule is COc1cccc(Oc2ccc(Cl)cc2CN)c1. The second kappa shape index (κ2) is 5.76. The lowest BCUT2D eigenvalue weighted by Gasteiger charge is -2.11. The molecule has 0 unspecified atom stereocenters. The number of methoxy groups -OCH3 is 1. The number of hydrogen-bond acceptors (Lipinski definition) is 3. The Morgan fingerprint density at radius 2 is 1.89 bits per heavy atom. The van der Waals surface area contributed by atoms with Gasteiger partial charge in [-0.15, -0.1) is 0 Å². The van der Waals surface area contributed by atoms with Gasteiger partial charge in [0, 0.05) is 23.2 Å². The van der Waals surface area contributed by atoms with Crippen LogP contribution in [-0.2, 0) is 6.54 Å². The lowest BCUT2D eigenvalue weighted by Crippen LogP contribution is -1.99. The van der Waals surface area contributed by atoms with Crippen molar-refractivity contribution in [2.45, 2.75) is 6.54 Å². The van der Waals surface area contributed by atoms with Crippen molar-refractivity contribution in [1.82, 2.24) is 0 Å². The standard InChI is InChI=1S/C14H14ClNO2/c1-17-12-3-2-4-13(8-12)18-14-6-5-11(15)7-10(14)9-16/h2-8H,9,16H2,1H3. The molecular weight excluding hydrogens is 250 g/mol. The number of halogens is 1. The van der Waals surface area contributed by atoms with Crippen molar-refractivity contribution in [3.63, 3.8) is 0 Å². The van der Waals surface area contributed by atoms with E-state index in [0.717, 1.165) is 11.3 Å². The van der Waals surface area contributed by atoms with Crippen molar-refractivity contribution in [2.24, 2.45) is 5.73 Å². The summed E-state index contributed by atoms with van der Waals surface area (Å²) in [5.41, 5.74) is 6.53. The summed E-state index contributed by atoms with van der Waals surface area (Å²) in [6, 6.07) is 12.8. The molecule has 94 valence electrons. The van der Waals surface area contributed by atoms with E-state index in [1.165, 1.54) is 0 Å². The number of nitrogens with two attached hydrogens (primary N) is 1. The molecule has 0 heterocycles. The van der Waals surface area contributed by atoms with Crippen molar-refractivity contribution >= 4 is 11.6 Å². The van der Waals surface area contributed by atoms with Gasteiger partial charge in [-0.2, -0.15) is 0 Å². The fourth-order valence-corrected chi connectivity index (χ4v) is 1.79. The fraction of sp³-hybridized carbons (Fsp3) is 0.143. The van der Waals surface area contributed by atoms with Gasteiger partial charge in [0.05, 0.1) is 7.11 Å². The van der Waals surface area contributed by atoms with E-state index in [0.29, 0.717) is 23.1 Å². The van der Waals surface area contributed by atoms with Crippen molar-refractivity contribution in [3.8, 4) is 17.2 Å². The molecule has 2 rings (SSSR count). The van der Waals surface area contributed by atoms with Crippen LogP contribution in [0.1, 0.15) is 5.56 Å². The van der Waals surface area contributed by atoms with Crippen molar-refractivity contribution < 1.29 is 9.47 Å². The second-order valence-corrected chi connectivity index (χ2v) is 4.17. The molecule has 0 aliphatic carbocycles. The Labute approximate surface area is 111 Å². The van der Waals surface area contributed by atoms with Crippen molar-refractivity contribution in [2.75, 3.05) is 7.11 Å². The molecule has 0 aromatic heterocycles. The summed E-state index contributed by atoms with van der Waals surface area (Å²) < 4.78 is 10.9. The highest BCUT2D eigenvalue weighted by Gasteiger charge is 2.05. The van der Waals surface area contributed by atoms with E-state index >= 15 is 0 Å². The first-order valence-corrected chi connectivity index (χ1v) is 5.91. The number of ether oxygens (including phenoxy) is 2. The molecule has 3 nitrogen and oxygen atoms in total. The molecule has 0 saturated carbocycles. The van der Waals surface area contributed by atoms with E-state index < -0.39 is 0 Å². The van der Waals surface area contributed by atoms with Gasteiger partial charge in [-0.3, -0.25) is 0 Å². The zero-order chi connectivity index (χ0) is 13.0. The van der Waals surface area contributed by atoms with Crippen LogP contribution >= 0.6 is 11.6 Å². The van der Waals surface area contributed by atoms with Crippen LogP contribution in [0.4, 0.5) is 0 Å². The maximum absolute atomic E-state index is 5.92. The molecule has 0 atom stereocenters. The Balaban J connectivity index is 2.27. The van der Waals surface area contributed by atoms with E-state index in [2.05, 4.69) is 0 Å². The van der Waals surface area contributed by atoms with Gasteiger partial charge in [0.15, 0.2) is 0 Å². The lowest BCUT2D eigenvalue weighted by molar-refractivity contribution is 0.408. The van der Waals surface area contributed by atoms with Crippen LogP contribution in [0.2, 0.25) is 5.02 Å². The average Bonchev–Trinajstić information content (AvgIpc) is 2.41. The third kappa shape index (κ3) is 2.94. The molecule has 0 saturated heterocycles. The van der Waals surface area contributed by atoms with Gasteiger partial charge in [-0.25, -0.2) is 0 Å². The molecule has 0 aliphatic rings. The molecule has 18 heavy (non-hydrogen) atoms. The van der Waals surface area contributed by atoms with Gasteiger partial charge in [-0.05, 0) is 30.3 Å². The first kappa shape index (κ1) is 12.7. The summed E-state index contributed by atoms with van der Waals surface area (Å²) in [7, 11) is 1.62. The van der Waals surface area contributed by atoms with Crippen LogP contribution < -0.4 is 15.2 Å². The first-order valence-electron chi connectivity index (χ1n) is 5.53. The van der Waals surface area contributed by atoms with Gasteiger partial charge in [0.1, 0.15) is 17.2 Å². The zero-order valence-corrected chi connectivity index (χ0v) is 10.8. The van der Waals surface area contributed by atoms with E-state index in [-0.39, 0.29) is 0 Å². The van der Waals surface area contributed by atoms with Crippen LogP contribution in [0.3, 0.4) is 0 Å². The van der Waals surface area contributed by atoms with Crippen LogP contribution in [0, 0.1) is 0 Å². The number of rotatable bonds is 4. The second-order valence-electron chi connectivity index (χ2n) is 3.74. The average molecular weight is 264 g/mol. The van der Waals surface area contributed by atoms with Crippen LogP contribution in [0.5, 0.6) is 17.2 Å². The van der Waals surface area contributed by atoms with Crippen LogP contribution in [0.15, 0.2) is 42.5 Å². The minimum Gasteiger partial charge on any atom is -0.497 e. The highest BCUT2D eigenvalue weighted by Crippen LogP contribution is 2.29. The normalized spacial score (nSPS) is 10.2. The van der Waals surface area contributed by atoms with Gasteiger partial charge in [0.25, 0.3) is 0 Å². The molecule has 4 heteroatoms. The minimum atomic E-state index is 0.375. The predicted octanol–water partition coefficient (Wildman–Crippen LogP) is 3.60. The van der Waals surface area contributed by atoms with Gasteiger partial charge < -0.3 is 15.2 Å². The fourth-order valence-electron chi connectivity index (χ4n) is 1.60. The summed E-state index contributed by atoms with van der Waals surface area (Å²) in [5, 5.41) is 0.647. The van der Waals surface area contributed by atoms with Crippen LogP contribution in [-0.4, -0.2) is 7.11 Å². The summed E-state index contributed by atoms with van der Waals surface area (Å²) >= 11 is 5.92. The summed E-state index contributed by atoms with van der Waals surface area (Å²) in [4.78, 5) is 0. The zero-order valence-electron chi connectivity index (χ0n) is 10.0. The number of hydrogen-bond donors (Lipinski definition) is 1. The quantitative estimate of drug-likeness (QED) is 0.917. The Bertz CT molecular complexity index is 543. The largest absolute Gasteiger partial charge is 0.497 e. The summed E-state index contributed by atoms with van der Waals surface area (Å²) in [5.74, 6) is 2.15. The molecule has 0 fully saturated rings. The predicted molar refractivity (Wildman–Crippen MR) is 72.4 cm³/mol. The van der Waals surface area contributed by atoms with E-state index in [1.54, 1.807) is 19.2 Å². The van der Waals surface area contributed by atoms with Crippen LogP contribution in [0.25, 0.3) is 0 Å². The van der Waals surface area contributed by atoms with Gasteiger partial charge in [0.2, 0.25) is 0 Å². The topological polar surface area (TPSA) is 44.5 Å².